The predicted octanol–water partition coefficient (Wildman–Crippen LogP) is 1.19. The van der Waals surface area contributed by atoms with Crippen LogP contribution in [0.5, 0.6) is 0 Å². The maximum absolute atomic E-state index is 11.3. The zero-order valence-electron chi connectivity index (χ0n) is 8.51. The van der Waals surface area contributed by atoms with Gasteiger partial charge in [-0.05, 0) is 31.3 Å². The number of rotatable bonds is 4. The van der Waals surface area contributed by atoms with Gasteiger partial charge in [0.2, 0.25) is 0 Å². The molecular weight excluding hydrogens is 166 g/mol. The molecule has 76 valence electrons. The molecule has 0 aromatic rings. The summed E-state index contributed by atoms with van der Waals surface area (Å²) in [6, 6.07) is 0. The molecular formula is C10H19NO2. The van der Waals surface area contributed by atoms with Gasteiger partial charge in [-0.1, -0.05) is 13.8 Å². The summed E-state index contributed by atoms with van der Waals surface area (Å²) in [5.74, 6) is 0.896. The fraction of sp³-hybridized carbons (Fsp3) is 0.900. The largest absolute Gasteiger partial charge is 0.465 e. The highest BCUT2D eigenvalue weighted by Crippen LogP contribution is 2.12. The number of ether oxygens (including phenoxy) is 1. The van der Waals surface area contributed by atoms with Crippen LogP contribution in [-0.4, -0.2) is 25.7 Å². The van der Waals surface area contributed by atoms with Gasteiger partial charge in [0.25, 0.3) is 0 Å². The molecule has 3 heteroatoms. The van der Waals surface area contributed by atoms with Crippen molar-refractivity contribution in [1.29, 1.82) is 0 Å². The van der Waals surface area contributed by atoms with Crippen molar-refractivity contribution in [2.45, 2.75) is 26.7 Å². The molecule has 1 N–H and O–H groups in total. The molecule has 1 aliphatic heterocycles. The van der Waals surface area contributed by atoms with E-state index in [1.807, 2.05) is 13.8 Å². The maximum atomic E-state index is 11.3. The van der Waals surface area contributed by atoms with E-state index in [-0.39, 0.29) is 5.97 Å². The first-order chi connectivity index (χ1) is 6.18. The third kappa shape index (κ3) is 4.27. The Bertz CT molecular complexity index is 162. The number of esters is 1. The highest BCUT2D eigenvalue weighted by atomic mass is 16.5. The standard InChI is InChI=1S/C10H19NO2/c1-8(2)7-13-10(12)5-9-3-4-11-6-9/h8-9,11H,3-7H2,1-2H3. The maximum Gasteiger partial charge on any atom is 0.306 e. The normalized spacial score (nSPS) is 22.2. The molecule has 0 aromatic heterocycles. The molecule has 3 nitrogen and oxygen atoms in total. The van der Waals surface area contributed by atoms with Gasteiger partial charge in [-0.2, -0.15) is 0 Å². The van der Waals surface area contributed by atoms with E-state index in [0.29, 0.717) is 24.9 Å². The van der Waals surface area contributed by atoms with Gasteiger partial charge >= 0.3 is 5.97 Å². The number of hydrogen-bond acceptors (Lipinski definition) is 3. The van der Waals surface area contributed by atoms with Gasteiger partial charge in [-0.15, -0.1) is 0 Å². The van der Waals surface area contributed by atoms with Gasteiger partial charge in [-0.25, -0.2) is 0 Å². The Balaban J connectivity index is 2.09. The van der Waals surface area contributed by atoms with Crippen molar-refractivity contribution in [2.24, 2.45) is 11.8 Å². The molecule has 1 atom stereocenters. The van der Waals surface area contributed by atoms with Gasteiger partial charge < -0.3 is 10.1 Å². The first-order valence-corrected chi connectivity index (χ1v) is 5.05. The molecule has 1 aliphatic rings. The molecule has 1 unspecified atom stereocenters. The van der Waals surface area contributed by atoms with Crippen LogP contribution in [0.4, 0.5) is 0 Å². The smallest absolute Gasteiger partial charge is 0.306 e. The number of hydrogen-bond donors (Lipinski definition) is 1. The number of nitrogens with one attached hydrogen (secondary N) is 1. The van der Waals surface area contributed by atoms with Crippen molar-refractivity contribution >= 4 is 5.97 Å². The van der Waals surface area contributed by atoms with Crippen molar-refractivity contribution in [1.82, 2.24) is 5.32 Å². The first-order valence-electron chi connectivity index (χ1n) is 5.05. The van der Waals surface area contributed by atoms with E-state index in [9.17, 15) is 4.79 Å². The van der Waals surface area contributed by atoms with Crippen molar-refractivity contribution in [3.05, 3.63) is 0 Å². The lowest BCUT2D eigenvalue weighted by molar-refractivity contribution is -0.145. The van der Waals surface area contributed by atoms with E-state index in [1.54, 1.807) is 0 Å². The molecule has 1 saturated heterocycles. The second-order valence-electron chi connectivity index (χ2n) is 4.14. The van der Waals surface area contributed by atoms with Gasteiger partial charge in [0, 0.05) is 6.42 Å². The fourth-order valence-electron chi connectivity index (χ4n) is 1.44. The average molecular weight is 185 g/mol. The summed E-state index contributed by atoms with van der Waals surface area (Å²) in [5.41, 5.74) is 0. The number of carbonyl (C=O) groups is 1. The molecule has 0 amide bonds. The zero-order valence-corrected chi connectivity index (χ0v) is 8.51. The Labute approximate surface area is 79.8 Å². The predicted molar refractivity (Wildman–Crippen MR) is 51.4 cm³/mol. The highest BCUT2D eigenvalue weighted by molar-refractivity contribution is 5.69. The second kappa shape index (κ2) is 5.22. The summed E-state index contributed by atoms with van der Waals surface area (Å²) < 4.78 is 5.10. The molecule has 1 rings (SSSR count). The Kier molecular flexibility index (Phi) is 4.22. The first kappa shape index (κ1) is 10.5. The minimum atomic E-state index is -0.0394. The summed E-state index contributed by atoms with van der Waals surface area (Å²) in [7, 11) is 0. The third-order valence-corrected chi connectivity index (χ3v) is 2.20. The third-order valence-electron chi connectivity index (χ3n) is 2.20. The van der Waals surface area contributed by atoms with Crippen LogP contribution in [0, 0.1) is 11.8 Å². The average Bonchev–Trinajstić information content (AvgIpc) is 2.53. The lowest BCUT2D eigenvalue weighted by atomic mass is 10.1. The molecule has 1 fully saturated rings. The highest BCUT2D eigenvalue weighted by Gasteiger charge is 2.18. The van der Waals surface area contributed by atoms with Crippen LogP contribution in [0.2, 0.25) is 0 Å². The van der Waals surface area contributed by atoms with Crippen LogP contribution in [0.1, 0.15) is 26.7 Å². The van der Waals surface area contributed by atoms with E-state index < -0.39 is 0 Å². The van der Waals surface area contributed by atoms with Crippen molar-refractivity contribution in [3.8, 4) is 0 Å². The van der Waals surface area contributed by atoms with Crippen molar-refractivity contribution in [2.75, 3.05) is 19.7 Å². The Morgan fingerprint density at radius 1 is 1.62 bits per heavy atom. The van der Waals surface area contributed by atoms with Crippen LogP contribution in [0.25, 0.3) is 0 Å². The summed E-state index contributed by atoms with van der Waals surface area (Å²) in [4.78, 5) is 11.3. The van der Waals surface area contributed by atoms with Gasteiger partial charge in [0.1, 0.15) is 0 Å². The number of carbonyl (C=O) groups excluding carboxylic acids is 1. The monoisotopic (exact) mass is 185 g/mol. The topological polar surface area (TPSA) is 38.3 Å². The zero-order chi connectivity index (χ0) is 9.68. The van der Waals surface area contributed by atoms with E-state index in [4.69, 9.17) is 4.74 Å². The van der Waals surface area contributed by atoms with Crippen molar-refractivity contribution in [3.63, 3.8) is 0 Å². The fourth-order valence-corrected chi connectivity index (χ4v) is 1.44. The van der Waals surface area contributed by atoms with E-state index in [2.05, 4.69) is 5.32 Å². The lowest BCUT2D eigenvalue weighted by Crippen LogP contribution is -2.16. The lowest BCUT2D eigenvalue weighted by Gasteiger charge is -2.09. The van der Waals surface area contributed by atoms with E-state index >= 15 is 0 Å². The molecule has 0 saturated carbocycles. The van der Waals surface area contributed by atoms with Gasteiger partial charge in [0.05, 0.1) is 6.61 Å². The van der Waals surface area contributed by atoms with Crippen LogP contribution in [0.15, 0.2) is 0 Å². The van der Waals surface area contributed by atoms with Gasteiger partial charge in [-0.3, -0.25) is 4.79 Å². The molecule has 0 spiro atoms. The second-order valence-corrected chi connectivity index (χ2v) is 4.14. The molecule has 0 bridgehead atoms. The molecule has 0 radical (unpaired) electrons. The minimum absolute atomic E-state index is 0.0394. The molecule has 13 heavy (non-hydrogen) atoms. The van der Waals surface area contributed by atoms with Crippen LogP contribution in [0.3, 0.4) is 0 Å². The molecule has 0 aliphatic carbocycles. The van der Waals surface area contributed by atoms with Crippen LogP contribution >= 0.6 is 0 Å². The molecule has 1 heterocycles. The Morgan fingerprint density at radius 2 is 2.38 bits per heavy atom. The van der Waals surface area contributed by atoms with Crippen LogP contribution in [-0.2, 0) is 9.53 Å². The quantitative estimate of drug-likeness (QED) is 0.668. The summed E-state index contributed by atoms with van der Waals surface area (Å²) in [6.07, 6.45) is 1.69. The summed E-state index contributed by atoms with van der Waals surface area (Å²) in [5, 5.41) is 3.23. The van der Waals surface area contributed by atoms with E-state index in [1.165, 1.54) is 0 Å². The van der Waals surface area contributed by atoms with Crippen molar-refractivity contribution < 1.29 is 9.53 Å². The SMILES string of the molecule is CC(C)COC(=O)CC1CCNC1. The summed E-state index contributed by atoms with van der Waals surface area (Å²) in [6.45, 7) is 6.66. The Morgan fingerprint density at radius 3 is 2.92 bits per heavy atom. The molecule has 0 aromatic carbocycles. The van der Waals surface area contributed by atoms with Gasteiger partial charge in [0.15, 0.2) is 0 Å². The minimum Gasteiger partial charge on any atom is -0.465 e. The van der Waals surface area contributed by atoms with E-state index in [0.717, 1.165) is 19.5 Å². The van der Waals surface area contributed by atoms with Crippen LogP contribution < -0.4 is 5.32 Å². The summed E-state index contributed by atoms with van der Waals surface area (Å²) >= 11 is 0. The Hall–Kier alpha value is -0.570.